The fourth-order valence-electron chi connectivity index (χ4n) is 1.10. The minimum atomic E-state index is -4.48. The van der Waals surface area contributed by atoms with Crippen LogP contribution in [0.3, 0.4) is 0 Å². The first-order valence-corrected chi connectivity index (χ1v) is 4.90. The van der Waals surface area contributed by atoms with Crippen LogP contribution in [0.4, 0.5) is 13.2 Å². The van der Waals surface area contributed by atoms with E-state index in [9.17, 15) is 13.2 Å². The molecule has 0 spiro atoms. The number of aryl methyl sites for hydroxylation is 1. The van der Waals surface area contributed by atoms with E-state index in [1.165, 1.54) is 0 Å². The molecule has 0 fully saturated rings. The molecule has 2 aromatic rings. The molecule has 2 aromatic heterocycles. The van der Waals surface area contributed by atoms with Crippen LogP contribution in [0.1, 0.15) is 5.69 Å². The molecular weight excluding hydrogens is 324 g/mol. The first-order chi connectivity index (χ1) is 6.89. The Balaban J connectivity index is 2.67. The summed E-state index contributed by atoms with van der Waals surface area (Å²) in [6.07, 6.45) is -4.48. The van der Waals surface area contributed by atoms with Crippen molar-refractivity contribution in [1.82, 2.24) is 19.7 Å². The van der Waals surface area contributed by atoms with Crippen LogP contribution >= 0.6 is 22.6 Å². The highest BCUT2D eigenvalue weighted by Gasteiger charge is 2.33. The third kappa shape index (κ3) is 1.77. The Morgan fingerprint density at radius 1 is 1.33 bits per heavy atom. The van der Waals surface area contributed by atoms with Crippen LogP contribution < -0.4 is 0 Å². The molecule has 0 saturated heterocycles. The van der Waals surface area contributed by atoms with Crippen molar-refractivity contribution < 1.29 is 13.2 Å². The zero-order valence-electron chi connectivity index (χ0n) is 7.38. The smallest absolute Gasteiger partial charge is 0.306 e. The summed E-state index contributed by atoms with van der Waals surface area (Å²) in [5.74, 6) is 0. The Hall–Kier alpha value is -0.930. The highest BCUT2D eigenvalue weighted by molar-refractivity contribution is 14.1. The molecule has 0 N–H and O–H groups in total. The van der Waals surface area contributed by atoms with Crippen LogP contribution in [-0.2, 0) is 13.2 Å². The van der Waals surface area contributed by atoms with Gasteiger partial charge in [-0.05, 0) is 0 Å². The van der Waals surface area contributed by atoms with Crippen molar-refractivity contribution in [3.63, 3.8) is 0 Å². The lowest BCUT2D eigenvalue weighted by Gasteiger charge is -2.03. The molecule has 0 bridgehead atoms. The van der Waals surface area contributed by atoms with Gasteiger partial charge in [0.15, 0.2) is 15.2 Å². The lowest BCUT2D eigenvalue weighted by atomic mass is 10.3. The molecule has 0 atom stereocenters. The van der Waals surface area contributed by atoms with Crippen LogP contribution in [-0.4, -0.2) is 19.7 Å². The Labute approximate surface area is 95.6 Å². The van der Waals surface area contributed by atoms with E-state index in [0.717, 1.165) is 6.07 Å². The minimum absolute atomic E-state index is 0.198. The van der Waals surface area contributed by atoms with Crippen molar-refractivity contribution in [2.75, 3.05) is 0 Å². The molecule has 0 aliphatic rings. The number of alkyl halides is 3. The van der Waals surface area contributed by atoms with Crippen molar-refractivity contribution >= 4 is 33.8 Å². The van der Waals surface area contributed by atoms with E-state index in [1.54, 1.807) is 11.6 Å². The average molecular weight is 328 g/mol. The van der Waals surface area contributed by atoms with E-state index in [1.807, 2.05) is 22.6 Å². The number of imidazole rings is 1. The zero-order chi connectivity index (χ0) is 11.2. The first kappa shape index (κ1) is 10.6. The van der Waals surface area contributed by atoms with E-state index in [-0.39, 0.29) is 5.52 Å². The normalized spacial score (nSPS) is 12.3. The fraction of sp³-hybridized carbons (Fsp3) is 0.286. The standard InChI is InChI=1S/C7H4F3IN4/c1-15-5-3(12-6(15)11)2-4(13-14-5)7(8,9)10/h2H,1H3. The Morgan fingerprint density at radius 2 is 2.00 bits per heavy atom. The number of nitrogens with zero attached hydrogens (tertiary/aromatic N) is 4. The molecule has 2 heterocycles. The van der Waals surface area contributed by atoms with Gasteiger partial charge in [0.05, 0.1) is 0 Å². The molecule has 0 amide bonds. The minimum Gasteiger partial charge on any atom is -0.306 e. The summed E-state index contributed by atoms with van der Waals surface area (Å²) in [6.45, 7) is 0. The van der Waals surface area contributed by atoms with Gasteiger partial charge in [0.1, 0.15) is 5.52 Å². The second kappa shape index (κ2) is 3.29. The lowest BCUT2D eigenvalue weighted by molar-refractivity contribution is -0.141. The van der Waals surface area contributed by atoms with E-state index < -0.39 is 11.9 Å². The van der Waals surface area contributed by atoms with E-state index in [2.05, 4.69) is 15.2 Å². The number of fused-ring (bicyclic) bond motifs is 1. The molecule has 0 unspecified atom stereocenters. The predicted molar refractivity (Wildman–Crippen MR) is 54.0 cm³/mol. The summed E-state index contributed by atoms with van der Waals surface area (Å²) in [6, 6.07) is 0.893. The quantitative estimate of drug-likeness (QED) is 0.695. The van der Waals surface area contributed by atoms with Crippen molar-refractivity contribution in [3.05, 3.63) is 15.6 Å². The van der Waals surface area contributed by atoms with Crippen LogP contribution in [0.25, 0.3) is 11.2 Å². The van der Waals surface area contributed by atoms with Gasteiger partial charge in [-0.3, -0.25) is 0 Å². The number of rotatable bonds is 0. The van der Waals surface area contributed by atoms with Gasteiger partial charge in [0, 0.05) is 35.7 Å². The van der Waals surface area contributed by atoms with Gasteiger partial charge in [-0.25, -0.2) is 4.98 Å². The lowest BCUT2D eigenvalue weighted by Crippen LogP contribution is -2.09. The zero-order valence-corrected chi connectivity index (χ0v) is 9.54. The second-order valence-electron chi connectivity index (χ2n) is 2.88. The molecule has 0 radical (unpaired) electrons. The van der Waals surface area contributed by atoms with Crippen LogP contribution in [0.5, 0.6) is 0 Å². The molecular formula is C7H4F3IN4. The topological polar surface area (TPSA) is 43.6 Å². The molecule has 15 heavy (non-hydrogen) atoms. The van der Waals surface area contributed by atoms with Gasteiger partial charge < -0.3 is 4.57 Å². The van der Waals surface area contributed by atoms with Gasteiger partial charge in [-0.15, -0.1) is 10.2 Å². The average Bonchev–Trinajstić information content (AvgIpc) is 2.41. The van der Waals surface area contributed by atoms with Crippen molar-refractivity contribution in [2.24, 2.45) is 7.05 Å². The van der Waals surface area contributed by atoms with Crippen LogP contribution in [0.15, 0.2) is 6.07 Å². The SMILES string of the molecule is Cn1c(I)nc2cc(C(F)(F)F)nnc21. The molecule has 0 aromatic carbocycles. The monoisotopic (exact) mass is 328 g/mol. The largest absolute Gasteiger partial charge is 0.435 e. The highest BCUT2D eigenvalue weighted by Crippen LogP contribution is 2.28. The molecule has 0 saturated carbocycles. The maximum Gasteiger partial charge on any atom is 0.435 e. The maximum atomic E-state index is 12.3. The van der Waals surface area contributed by atoms with Crippen LogP contribution in [0, 0.1) is 3.83 Å². The number of hydrogen-bond donors (Lipinski definition) is 0. The Morgan fingerprint density at radius 3 is 2.60 bits per heavy atom. The first-order valence-electron chi connectivity index (χ1n) is 3.82. The summed E-state index contributed by atoms with van der Waals surface area (Å²) in [4.78, 5) is 3.93. The van der Waals surface area contributed by atoms with Gasteiger partial charge >= 0.3 is 6.18 Å². The van der Waals surface area contributed by atoms with E-state index >= 15 is 0 Å². The van der Waals surface area contributed by atoms with Gasteiger partial charge in [-0.1, -0.05) is 0 Å². The predicted octanol–water partition coefficient (Wildman–Crippen LogP) is 1.99. The highest BCUT2D eigenvalue weighted by atomic mass is 127. The van der Waals surface area contributed by atoms with Gasteiger partial charge in [0.25, 0.3) is 0 Å². The Kier molecular flexibility index (Phi) is 2.32. The van der Waals surface area contributed by atoms with Crippen molar-refractivity contribution in [3.8, 4) is 0 Å². The molecule has 8 heteroatoms. The molecule has 80 valence electrons. The molecule has 0 aliphatic heterocycles. The van der Waals surface area contributed by atoms with Gasteiger partial charge in [0.2, 0.25) is 0 Å². The number of aromatic nitrogens is 4. The third-order valence-corrected chi connectivity index (χ3v) is 2.82. The molecule has 0 aliphatic carbocycles. The molecule has 2 rings (SSSR count). The summed E-state index contributed by atoms with van der Waals surface area (Å²) < 4.78 is 39.0. The molecule has 4 nitrogen and oxygen atoms in total. The third-order valence-electron chi connectivity index (χ3n) is 1.85. The summed E-state index contributed by atoms with van der Waals surface area (Å²) in [5.41, 5.74) is -0.485. The van der Waals surface area contributed by atoms with E-state index in [4.69, 9.17) is 0 Å². The fourth-order valence-corrected chi connectivity index (χ4v) is 1.59. The summed E-state index contributed by atoms with van der Waals surface area (Å²) in [7, 11) is 1.67. The maximum absolute atomic E-state index is 12.3. The van der Waals surface area contributed by atoms with Crippen LogP contribution in [0.2, 0.25) is 0 Å². The summed E-state index contributed by atoms with van der Waals surface area (Å²) >= 11 is 1.91. The Bertz CT molecular complexity index is 519. The van der Waals surface area contributed by atoms with Gasteiger partial charge in [-0.2, -0.15) is 13.2 Å². The number of halogens is 4. The van der Waals surface area contributed by atoms with Crippen molar-refractivity contribution in [1.29, 1.82) is 0 Å². The second-order valence-corrected chi connectivity index (χ2v) is 3.84. The summed E-state index contributed by atoms with van der Waals surface area (Å²) in [5, 5.41) is 6.61. The number of hydrogen-bond acceptors (Lipinski definition) is 3. The van der Waals surface area contributed by atoms with Crippen molar-refractivity contribution in [2.45, 2.75) is 6.18 Å². The van der Waals surface area contributed by atoms with E-state index in [0.29, 0.717) is 9.48 Å².